The number of nitro benzene ring substituents is 1. The molecule has 3 aromatic rings. The largest absolute Gasteiger partial charge is 0.481 e. The van der Waals surface area contributed by atoms with E-state index in [0.717, 1.165) is 17.8 Å². The molecule has 2 aromatic heterocycles. The smallest absolute Gasteiger partial charge is 0.416 e. The molecule has 1 atom stereocenters. The summed E-state index contributed by atoms with van der Waals surface area (Å²) in [5.74, 6) is -0.291. The molecular formula is C24H24F3N5O4. The van der Waals surface area contributed by atoms with Crippen LogP contribution in [-0.4, -0.2) is 31.0 Å². The van der Waals surface area contributed by atoms with Gasteiger partial charge in [-0.3, -0.25) is 19.9 Å². The lowest BCUT2D eigenvalue weighted by molar-refractivity contribution is -0.385. The SMILES string of the molecule is Cc1nc(N[C@H](C)c2cc([N+](=O)[O-])cc(C(F)(F)F)c2)c2cc(C3CCC(C(=O)O)CC3)ncc2n1. The van der Waals surface area contributed by atoms with Crippen molar-refractivity contribution >= 4 is 28.4 Å². The molecule has 1 aliphatic carbocycles. The lowest BCUT2D eigenvalue weighted by Crippen LogP contribution is -2.21. The fraction of sp³-hybridized carbons (Fsp3) is 0.417. The lowest BCUT2D eigenvalue weighted by atomic mass is 9.80. The second-order valence-electron chi connectivity index (χ2n) is 9.07. The molecular weight excluding hydrogens is 479 g/mol. The molecule has 1 saturated carbocycles. The number of pyridine rings is 1. The van der Waals surface area contributed by atoms with Crippen LogP contribution in [0.5, 0.6) is 0 Å². The summed E-state index contributed by atoms with van der Waals surface area (Å²) in [5.41, 5.74) is -0.366. The van der Waals surface area contributed by atoms with E-state index in [1.54, 1.807) is 20.0 Å². The molecule has 1 aromatic carbocycles. The van der Waals surface area contributed by atoms with Gasteiger partial charge in [-0.25, -0.2) is 9.97 Å². The summed E-state index contributed by atoms with van der Waals surface area (Å²) in [5, 5.41) is 24.2. The molecule has 0 saturated heterocycles. The number of carbonyl (C=O) groups is 1. The van der Waals surface area contributed by atoms with Gasteiger partial charge in [0.25, 0.3) is 5.69 Å². The van der Waals surface area contributed by atoms with Gasteiger partial charge in [0.15, 0.2) is 0 Å². The van der Waals surface area contributed by atoms with Gasteiger partial charge in [-0.15, -0.1) is 0 Å². The topological polar surface area (TPSA) is 131 Å². The Balaban J connectivity index is 1.67. The van der Waals surface area contributed by atoms with E-state index in [9.17, 15) is 33.2 Å². The van der Waals surface area contributed by atoms with Crippen LogP contribution >= 0.6 is 0 Å². The Bertz CT molecular complexity index is 1320. The molecule has 1 fully saturated rings. The van der Waals surface area contributed by atoms with Crippen LogP contribution in [0.15, 0.2) is 30.5 Å². The van der Waals surface area contributed by atoms with Crippen LogP contribution in [0.1, 0.15) is 67.2 Å². The molecule has 0 amide bonds. The van der Waals surface area contributed by atoms with E-state index >= 15 is 0 Å². The van der Waals surface area contributed by atoms with E-state index in [1.165, 1.54) is 0 Å². The highest BCUT2D eigenvalue weighted by molar-refractivity contribution is 5.89. The van der Waals surface area contributed by atoms with Crippen LogP contribution in [-0.2, 0) is 11.0 Å². The molecule has 190 valence electrons. The molecule has 1 aliphatic rings. The number of nitro groups is 1. The Morgan fingerprint density at radius 2 is 1.86 bits per heavy atom. The third kappa shape index (κ3) is 5.37. The summed E-state index contributed by atoms with van der Waals surface area (Å²) >= 11 is 0. The van der Waals surface area contributed by atoms with E-state index in [1.807, 2.05) is 6.07 Å². The number of fused-ring (bicyclic) bond motifs is 1. The Kier molecular flexibility index (Phi) is 6.79. The number of carboxylic acids is 1. The average molecular weight is 503 g/mol. The number of alkyl halides is 3. The van der Waals surface area contributed by atoms with Crippen molar-refractivity contribution in [1.82, 2.24) is 15.0 Å². The fourth-order valence-electron chi connectivity index (χ4n) is 4.58. The molecule has 0 bridgehead atoms. The van der Waals surface area contributed by atoms with E-state index in [2.05, 4.69) is 20.3 Å². The molecule has 12 heteroatoms. The molecule has 2 heterocycles. The number of anilines is 1. The van der Waals surface area contributed by atoms with Gasteiger partial charge in [-0.1, -0.05) is 0 Å². The number of nitrogens with one attached hydrogen (secondary N) is 1. The molecule has 0 unspecified atom stereocenters. The predicted octanol–water partition coefficient (Wildman–Crippen LogP) is 5.79. The first-order chi connectivity index (χ1) is 16.9. The second kappa shape index (κ2) is 9.67. The van der Waals surface area contributed by atoms with Crippen LogP contribution in [0, 0.1) is 23.0 Å². The van der Waals surface area contributed by atoms with Crippen LogP contribution in [0.25, 0.3) is 10.9 Å². The minimum Gasteiger partial charge on any atom is -0.481 e. The van der Waals surface area contributed by atoms with Crippen molar-refractivity contribution in [3.63, 3.8) is 0 Å². The van der Waals surface area contributed by atoms with Crippen molar-refractivity contribution in [2.75, 3.05) is 5.32 Å². The maximum absolute atomic E-state index is 13.3. The standard InChI is InChI=1S/C24H24F3N5O4/c1-12(16-7-17(24(25,26)27)9-18(8-16)32(35)36)29-22-19-10-20(28-11-21(19)30-13(2)31-22)14-3-5-15(6-4-14)23(33)34/h7-12,14-15H,3-6H2,1-2H3,(H,33,34)(H,29,30,31)/t12-,14?,15?/m1/s1. The highest BCUT2D eigenvalue weighted by Gasteiger charge is 2.33. The van der Waals surface area contributed by atoms with Gasteiger partial charge in [0.1, 0.15) is 11.6 Å². The number of halogens is 3. The summed E-state index contributed by atoms with van der Waals surface area (Å²) in [7, 11) is 0. The van der Waals surface area contributed by atoms with Crippen molar-refractivity contribution in [2.24, 2.45) is 5.92 Å². The molecule has 9 nitrogen and oxygen atoms in total. The summed E-state index contributed by atoms with van der Waals surface area (Å²) < 4.78 is 40.0. The lowest BCUT2D eigenvalue weighted by Gasteiger charge is -2.26. The summed E-state index contributed by atoms with van der Waals surface area (Å²) in [6, 6.07) is 3.58. The average Bonchev–Trinajstić information content (AvgIpc) is 2.83. The molecule has 0 spiro atoms. The van der Waals surface area contributed by atoms with Crippen LogP contribution in [0.2, 0.25) is 0 Å². The highest BCUT2D eigenvalue weighted by Crippen LogP contribution is 2.38. The van der Waals surface area contributed by atoms with Gasteiger partial charge in [-0.05, 0) is 57.2 Å². The van der Waals surface area contributed by atoms with Gasteiger partial charge >= 0.3 is 12.1 Å². The molecule has 0 aliphatic heterocycles. The number of aryl methyl sites for hydroxylation is 1. The number of aromatic nitrogens is 3. The number of aliphatic carboxylic acids is 1. The van der Waals surface area contributed by atoms with E-state index in [-0.39, 0.29) is 17.4 Å². The first kappa shape index (κ1) is 25.3. The number of nitrogens with zero attached hydrogens (tertiary/aromatic N) is 4. The number of non-ortho nitro benzene ring substituents is 1. The normalized spacial score (nSPS) is 19.1. The molecule has 36 heavy (non-hydrogen) atoms. The zero-order valence-electron chi connectivity index (χ0n) is 19.5. The Labute approximate surface area is 203 Å². The number of hydrogen-bond donors (Lipinski definition) is 2. The fourth-order valence-corrected chi connectivity index (χ4v) is 4.58. The first-order valence-electron chi connectivity index (χ1n) is 11.4. The van der Waals surface area contributed by atoms with Gasteiger partial charge in [-0.2, -0.15) is 13.2 Å². The van der Waals surface area contributed by atoms with Crippen LogP contribution in [0.3, 0.4) is 0 Å². The van der Waals surface area contributed by atoms with Crippen molar-refractivity contribution < 1.29 is 28.0 Å². The van der Waals surface area contributed by atoms with E-state index < -0.39 is 34.4 Å². The van der Waals surface area contributed by atoms with Crippen molar-refractivity contribution in [3.05, 3.63) is 63.2 Å². The monoisotopic (exact) mass is 503 g/mol. The first-order valence-corrected chi connectivity index (χ1v) is 11.4. The van der Waals surface area contributed by atoms with Gasteiger partial charge in [0.05, 0.1) is 34.2 Å². The van der Waals surface area contributed by atoms with E-state index in [4.69, 9.17) is 0 Å². The Morgan fingerprint density at radius 3 is 2.47 bits per heavy atom. The number of benzene rings is 1. The van der Waals surface area contributed by atoms with Crippen molar-refractivity contribution in [2.45, 2.75) is 57.7 Å². The highest BCUT2D eigenvalue weighted by atomic mass is 19.4. The third-order valence-electron chi connectivity index (χ3n) is 6.54. The molecule has 0 radical (unpaired) electrons. The van der Waals surface area contributed by atoms with E-state index in [0.29, 0.717) is 54.3 Å². The molecule has 4 rings (SSSR count). The third-order valence-corrected chi connectivity index (χ3v) is 6.54. The number of rotatable bonds is 6. The zero-order valence-corrected chi connectivity index (χ0v) is 19.5. The Hall–Kier alpha value is -3.83. The molecule has 2 N–H and O–H groups in total. The summed E-state index contributed by atoms with van der Waals surface area (Å²) in [4.78, 5) is 35.0. The maximum Gasteiger partial charge on any atom is 0.416 e. The van der Waals surface area contributed by atoms with Crippen molar-refractivity contribution in [1.29, 1.82) is 0 Å². The zero-order chi connectivity index (χ0) is 26.2. The second-order valence-corrected chi connectivity index (χ2v) is 9.07. The number of carboxylic acid groups (broad SMARTS) is 1. The summed E-state index contributed by atoms with van der Waals surface area (Å²) in [6.45, 7) is 3.27. The van der Waals surface area contributed by atoms with Crippen molar-refractivity contribution in [3.8, 4) is 0 Å². The predicted molar refractivity (Wildman–Crippen MR) is 125 cm³/mol. The van der Waals surface area contributed by atoms with Crippen LogP contribution < -0.4 is 5.32 Å². The van der Waals surface area contributed by atoms with Gasteiger partial charge < -0.3 is 10.4 Å². The minimum atomic E-state index is -4.74. The number of hydrogen-bond acceptors (Lipinski definition) is 7. The van der Waals surface area contributed by atoms with Gasteiger partial charge in [0, 0.05) is 29.1 Å². The Morgan fingerprint density at radius 1 is 1.17 bits per heavy atom. The minimum absolute atomic E-state index is 0.0719. The maximum atomic E-state index is 13.3. The quantitative estimate of drug-likeness (QED) is 0.319. The summed E-state index contributed by atoms with van der Waals surface area (Å²) in [6.07, 6.45) is -0.668. The van der Waals surface area contributed by atoms with Crippen LogP contribution in [0.4, 0.5) is 24.7 Å². The van der Waals surface area contributed by atoms with Gasteiger partial charge in [0.2, 0.25) is 0 Å².